The lowest BCUT2D eigenvalue weighted by Crippen LogP contribution is -2.55. The first-order chi connectivity index (χ1) is 8.36. The molecule has 2 aliphatic heterocycles. The summed E-state index contributed by atoms with van der Waals surface area (Å²) in [4.78, 5) is 2.71. The molecule has 2 saturated heterocycles. The van der Waals surface area contributed by atoms with Gasteiger partial charge in [-0.3, -0.25) is 4.90 Å². The third-order valence-electron chi connectivity index (χ3n) is 4.48. The summed E-state index contributed by atoms with van der Waals surface area (Å²) in [7, 11) is 2.10. The molecule has 2 aliphatic rings. The Labute approximate surface area is 103 Å². The highest BCUT2D eigenvalue weighted by atomic mass is 16.3. The molecule has 3 rings (SSSR count). The summed E-state index contributed by atoms with van der Waals surface area (Å²) >= 11 is 0. The molecular weight excluding hydrogens is 212 g/mol. The fraction of sp³-hybridized carbons (Fsp3) is 0.714. The lowest BCUT2D eigenvalue weighted by Gasteiger charge is -2.48. The summed E-state index contributed by atoms with van der Waals surface area (Å²) in [5.41, 5.74) is 1.32. The quantitative estimate of drug-likeness (QED) is 0.870. The van der Waals surface area contributed by atoms with Gasteiger partial charge in [-0.2, -0.15) is 0 Å². The third-order valence-corrected chi connectivity index (χ3v) is 4.48. The number of nitrogens with one attached hydrogen (secondary N) is 1. The van der Waals surface area contributed by atoms with Gasteiger partial charge in [0.25, 0.3) is 0 Å². The summed E-state index contributed by atoms with van der Waals surface area (Å²) < 4.78 is 5.18. The van der Waals surface area contributed by atoms with Gasteiger partial charge >= 0.3 is 0 Å². The zero-order valence-corrected chi connectivity index (χ0v) is 10.6. The van der Waals surface area contributed by atoms with Gasteiger partial charge in [0, 0.05) is 30.2 Å². The van der Waals surface area contributed by atoms with Crippen LogP contribution in [0.3, 0.4) is 0 Å². The van der Waals surface area contributed by atoms with E-state index in [1.165, 1.54) is 37.7 Å². The topological polar surface area (TPSA) is 28.4 Å². The average molecular weight is 234 g/mol. The monoisotopic (exact) mass is 234 g/mol. The van der Waals surface area contributed by atoms with Crippen molar-refractivity contribution >= 4 is 0 Å². The predicted molar refractivity (Wildman–Crippen MR) is 67.8 cm³/mol. The van der Waals surface area contributed by atoms with Crippen molar-refractivity contribution in [3.8, 4) is 0 Å². The smallest absolute Gasteiger partial charge is 0.0947 e. The van der Waals surface area contributed by atoms with Gasteiger partial charge in [0.1, 0.15) is 0 Å². The fourth-order valence-corrected chi connectivity index (χ4v) is 3.57. The van der Waals surface area contributed by atoms with E-state index in [1.54, 1.807) is 6.26 Å². The molecule has 0 aromatic carbocycles. The van der Waals surface area contributed by atoms with Gasteiger partial charge in [-0.1, -0.05) is 6.42 Å². The maximum absolute atomic E-state index is 5.18. The second-order valence-corrected chi connectivity index (χ2v) is 5.50. The molecule has 1 aromatic heterocycles. The number of furan rings is 1. The van der Waals surface area contributed by atoms with Crippen LogP contribution in [0.25, 0.3) is 0 Å². The minimum Gasteiger partial charge on any atom is -0.472 e. The van der Waals surface area contributed by atoms with Crippen LogP contribution in [0.15, 0.2) is 23.0 Å². The van der Waals surface area contributed by atoms with Crippen LogP contribution < -0.4 is 5.32 Å². The molecule has 3 heteroatoms. The predicted octanol–water partition coefficient (Wildman–Crippen LogP) is 2.38. The van der Waals surface area contributed by atoms with E-state index in [-0.39, 0.29) is 0 Å². The molecule has 3 heterocycles. The summed E-state index contributed by atoms with van der Waals surface area (Å²) in [6.07, 6.45) is 10.4. The van der Waals surface area contributed by atoms with Crippen LogP contribution >= 0.6 is 0 Å². The summed E-state index contributed by atoms with van der Waals surface area (Å²) in [5, 5.41) is 3.47. The summed E-state index contributed by atoms with van der Waals surface area (Å²) in [6.45, 7) is 1.07. The van der Waals surface area contributed by atoms with Crippen molar-refractivity contribution in [1.29, 1.82) is 0 Å². The van der Waals surface area contributed by atoms with E-state index in [0.717, 1.165) is 24.7 Å². The molecule has 2 unspecified atom stereocenters. The molecule has 94 valence electrons. The first-order valence-electron chi connectivity index (χ1n) is 6.81. The average Bonchev–Trinajstić information content (AvgIpc) is 2.81. The second kappa shape index (κ2) is 4.83. The van der Waals surface area contributed by atoms with E-state index in [1.807, 2.05) is 6.26 Å². The first kappa shape index (κ1) is 11.3. The number of hydrogen-bond acceptors (Lipinski definition) is 3. The van der Waals surface area contributed by atoms with Crippen LogP contribution in [0.1, 0.15) is 37.7 Å². The van der Waals surface area contributed by atoms with Gasteiger partial charge in [0.2, 0.25) is 0 Å². The molecule has 17 heavy (non-hydrogen) atoms. The third kappa shape index (κ3) is 2.26. The van der Waals surface area contributed by atoms with E-state index in [0.29, 0.717) is 0 Å². The SMILES string of the molecule is CNC1CC2CCCC(C1)N2Cc1ccoc1. The molecule has 0 saturated carbocycles. The highest BCUT2D eigenvalue weighted by Gasteiger charge is 2.37. The lowest BCUT2D eigenvalue weighted by atomic mass is 9.81. The molecule has 0 amide bonds. The Bertz CT molecular complexity index is 335. The van der Waals surface area contributed by atoms with E-state index in [9.17, 15) is 0 Å². The van der Waals surface area contributed by atoms with Crippen LogP contribution in [0.5, 0.6) is 0 Å². The van der Waals surface area contributed by atoms with Crippen molar-refractivity contribution in [3.63, 3.8) is 0 Å². The summed E-state index contributed by atoms with van der Waals surface area (Å²) in [6, 6.07) is 4.37. The zero-order chi connectivity index (χ0) is 11.7. The number of piperidine rings is 2. The second-order valence-electron chi connectivity index (χ2n) is 5.50. The Kier molecular flexibility index (Phi) is 3.21. The minimum absolute atomic E-state index is 0.728. The Hall–Kier alpha value is -0.800. The molecule has 2 atom stereocenters. The van der Waals surface area contributed by atoms with Crippen LogP contribution in [0, 0.1) is 0 Å². The normalized spacial score (nSPS) is 33.8. The van der Waals surface area contributed by atoms with E-state index in [2.05, 4.69) is 23.3 Å². The standard InChI is InChI=1S/C14H22N2O/c1-15-12-7-13-3-2-4-14(8-12)16(13)9-11-5-6-17-10-11/h5-6,10,12-15H,2-4,7-9H2,1H3. The van der Waals surface area contributed by atoms with Crippen molar-refractivity contribution in [2.24, 2.45) is 0 Å². The molecule has 0 spiro atoms. The van der Waals surface area contributed by atoms with Gasteiger partial charge in [-0.25, -0.2) is 0 Å². The molecule has 1 N–H and O–H groups in total. The Morgan fingerprint density at radius 1 is 1.35 bits per heavy atom. The highest BCUT2D eigenvalue weighted by Crippen LogP contribution is 2.35. The van der Waals surface area contributed by atoms with Crippen LogP contribution in [0.4, 0.5) is 0 Å². The van der Waals surface area contributed by atoms with Gasteiger partial charge < -0.3 is 9.73 Å². The number of hydrogen-bond donors (Lipinski definition) is 1. The van der Waals surface area contributed by atoms with Crippen molar-refractivity contribution in [1.82, 2.24) is 10.2 Å². The van der Waals surface area contributed by atoms with Crippen molar-refractivity contribution in [2.45, 2.75) is 56.8 Å². The van der Waals surface area contributed by atoms with E-state index in [4.69, 9.17) is 4.42 Å². The minimum atomic E-state index is 0.728. The van der Waals surface area contributed by atoms with Crippen LogP contribution in [0.2, 0.25) is 0 Å². The van der Waals surface area contributed by atoms with Crippen molar-refractivity contribution in [2.75, 3.05) is 7.05 Å². The van der Waals surface area contributed by atoms with Crippen LogP contribution in [-0.4, -0.2) is 30.1 Å². The molecule has 2 fully saturated rings. The van der Waals surface area contributed by atoms with E-state index < -0.39 is 0 Å². The van der Waals surface area contributed by atoms with Gasteiger partial charge in [-0.15, -0.1) is 0 Å². The molecule has 2 bridgehead atoms. The largest absolute Gasteiger partial charge is 0.472 e. The Balaban J connectivity index is 1.71. The van der Waals surface area contributed by atoms with Crippen molar-refractivity contribution < 1.29 is 4.42 Å². The number of rotatable bonds is 3. The molecular formula is C14H22N2O. The molecule has 3 nitrogen and oxygen atoms in total. The van der Waals surface area contributed by atoms with Crippen LogP contribution in [-0.2, 0) is 6.54 Å². The fourth-order valence-electron chi connectivity index (χ4n) is 3.57. The summed E-state index contributed by atoms with van der Waals surface area (Å²) in [5.74, 6) is 0. The van der Waals surface area contributed by atoms with Gasteiger partial charge in [0.05, 0.1) is 12.5 Å². The number of nitrogens with zero attached hydrogens (tertiary/aromatic N) is 1. The lowest BCUT2D eigenvalue weighted by molar-refractivity contribution is 0.0189. The van der Waals surface area contributed by atoms with E-state index >= 15 is 0 Å². The van der Waals surface area contributed by atoms with Gasteiger partial charge in [0.15, 0.2) is 0 Å². The van der Waals surface area contributed by atoms with Gasteiger partial charge in [-0.05, 0) is 38.8 Å². The maximum Gasteiger partial charge on any atom is 0.0947 e. The molecule has 1 aromatic rings. The Morgan fingerprint density at radius 3 is 2.71 bits per heavy atom. The zero-order valence-electron chi connectivity index (χ0n) is 10.6. The maximum atomic E-state index is 5.18. The highest BCUT2D eigenvalue weighted by molar-refractivity contribution is 5.07. The Morgan fingerprint density at radius 2 is 2.12 bits per heavy atom. The molecule has 0 radical (unpaired) electrons. The molecule has 0 aliphatic carbocycles. The first-order valence-corrected chi connectivity index (χ1v) is 6.81. The van der Waals surface area contributed by atoms with Crippen molar-refractivity contribution in [3.05, 3.63) is 24.2 Å². The number of fused-ring (bicyclic) bond motifs is 2.